The lowest BCUT2D eigenvalue weighted by Gasteiger charge is -2.21. The maximum Gasteiger partial charge on any atom is 0.262 e. The molecule has 5 nitrogen and oxygen atoms in total. The fraction of sp³-hybridized carbons (Fsp3) is 0.294. The fourth-order valence-corrected chi connectivity index (χ4v) is 4.77. The molecule has 10 heteroatoms. The maximum absolute atomic E-state index is 13.1. The van der Waals surface area contributed by atoms with Gasteiger partial charge in [0.2, 0.25) is 0 Å². The lowest BCUT2D eigenvalue weighted by Crippen LogP contribution is -2.36. The average molecular weight is 467 g/mol. The number of thiophene rings is 1. The van der Waals surface area contributed by atoms with Crippen molar-refractivity contribution in [1.82, 2.24) is 9.88 Å². The number of amides is 1. The Morgan fingerprint density at radius 1 is 1.19 bits per heavy atom. The molecule has 0 saturated carbocycles. The summed E-state index contributed by atoms with van der Waals surface area (Å²) in [5.41, 5.74) is 1.19. The third kappa shape index (κ3) is 5.04. The summed E-state index contributed by atoms with van der Waals surface area (Å²) >= 11 is 14.9. The van der Waals surface area contributed by atoms with Crippen molar-refractivity contribution in [3.05, 3.63) is 38.5 Å². The third-order valence-corrected chi connectivity index (χ3v) is 6.26. The molecule has 0 N–H and O–H groups in total. The van der Waals surface area contributed by atoms with Crippen LogP contribution in [0, 0.1) is 0 Å². The zero-order valence-electron chi connectivity index (χ0n) is 14.9. The number of anilines is 1. The van der Waals surface area contributed by atoms with Crippen LogP contribution in [0.3, 0.4) is 0 Å². The van der Waals surface area contributed by atoms with Crippen LogP contribution in [0.5, 0.6) is 5.75 Å². The number of benzene rings is 1. The van der Waals surface area contributed by atoms with Crippen molar-refractivity contribution in [2.24, 2.45) is 0 Å². The predicted octanol–water partition coefficient (Wildman–Crippen LogP) is 5.30. The Hall–Kier alpha value is -1.09. The number of carbonyl (C=O) groups is 1. The van der Waals surface area contributed by atoms with Gasteiger partial charge < -0.3 is 9.64 Å². The molecule has 1 amide bonds. The largest absolute Gasteiger partial charge is 0.497 e. The number of nitrogens with zero attached hydrogens (tertiary/aromatic N) is 3. The number of ether oxygens (including phenoxy) is 1. The summed E-state index contributed by atoms with van der Waals surface area (Å²) < 4.78 is 7.11. The van der Waals surface area contributed by atoms with Crippen molar-refractivity contribution >= 4 is 79.5 Å². The van der Waals surface area contributed by atoms with E-state index >= 15 is 0 Å². The van der Waals surface area contributed by atoms with Gasteiger partial charge in [-0.05, 0) is 32.3 Å². The van der Waals surface area contributed by atoms with Gasteiger partial charge in [-0.25, -0.2) is 4.98 Å². The van der Waals surface area contributed by atoms with Crippen molar-refractivity contribution < 1.29 is 9.53 Å². The first kappa shape index (κ1) is 22.2. The minimum Gasteiger partial charge on any atom is -0.497 e. The highest BCUT2D eigenvalue weighted by atomic mass is 35.5. The van der Waals surface area contributed by atoms with Crippen LogP contribution in [-0.4, -0.2) is 50.1 Å². The number of carbonyl (C=O) groups excluding carboxylic acids is 1. The van der Waals surface area contributed by atoms with Crippen LogP contribution >= 0.6 is 58.3 Å². The van der Waals surface area contributed by atoms with E-state index < -0.39 is 0 Å². The van der Waals surface area contributed by atoms with Gasteiger partial charge in [0.25, 0.3) is 5.91 Å². The Labute approximate surface area is 181 Å². The van der Waals surface area contributed by atoms with Gasteiger partial charge in [-0.3, -0.25) is 9.69 Å². The van der Waals surface area contributed by atoms with E-state index in [1.165, 1.54) is 22.7 Å². The first-order valence-electron chi connectivity index (χ1n) is 7.75. The Bertz CT molecular complexity index is 943. The second-order valence-electron chi connectivity index (χ2n) is 5.83. The van der Waals surface area contributed by atoms with Gasteiger partial charge in [0.1, 0.15) is 10.1 Å². The first-order valence-corrected chi connectivity index (χ1v) is 10.1. The van der Waals surface area contributed by atoms with E-state index in [9.17, 15) is 4.79 Å². The quantitative estimate of drug-likeness (QED) is 0.494. The maximum atomic E-state index is 13.1. The standard InChI is InChI=1S/C17H17Cl2N3O2S2.ClH/c1-21(2)6-7-22(16(23)11-9-14(18)26-15(11)19)17-20-12-8-10(24-3)4-5-13(12)25-17;/h4-5,8-9H,6-7H2,1-3H3;1H. The molecule has 0 aliphatic carbocycles. The van der Waals surface area contributed by atoms with Crippen LogP contribution in [0.15, 0.2) is 24.3 Å². The number of fused-ring (bicyclic) bond motifs is 1. The topological polar surface area (TPSA) is 45.7 Å². The summed E-state index contributed by atoms with van der Waals surface area (Å²) in [5.74, 6) is 0.527. The van der Waals surface area contributed by atoms with Gasteiger partial charge in [0.15, 0.2) is 5.13 Å². The Balaban J connectivity index is 0.00000261. The molecule has 2 aromatic heterocycles. The van der Waals surface area contributed by atoms with Gasteiger partial charge in [0.05, 0.1) is 27.2 Å². The van der Waals surface area contributed by atoms with Crippen molar-refractivity contribution in [3.8, 4) is 5.75 Å². The molecule has 3 aromatic rings. The van der Waals surface area contributed by atoms with E-state index in [1.54, 1.807) is 18.1 Å². The molecular weight excluding hydrogens is 449 g/mol. The lowest BCUT2D eigenvalue weighted by atomic mass is 10.3. The minimum absolute atomic E-state index is 0. The molecule has 0 radical (unpaired) electrons. The number of hydrogen-bond acceptors (Lipinski definition) is 6. The minimum atomic E-state index is -0.203. The van der Waals surface area contributed by atoms with Crippen molar-refractivity contribution in [1.29, 1.82) is 0 Å². The Morgan fingerprint density at radius 3 is 2.52 bits per heavy atom. The zero-order chi connectivity index (χ0) is 18.8. The van der Waals surface area contributed by atoms with Gasteiger partial charge in [-0.2, -0.15) is 0 Å². The number of hydrogen-bond donors (Lipinski definition) is 0. The molecule has 2 heterocycles. The van der Waals surface area contributed by atoms with Crippen LogP contribution in [0.25, 0.3) is 10.2 Å². The smallest absolute Gasteiger partial charge is 0.262 e. The number of aromatic nitrogens is 1. The van der Waals surface area contributed by atoms with E-state index in [0.717, 1.165) is 16.0 Å². The second-order valence-corrected chi connectivity index (χ2v) is 9.12. The molecule has 0 aliphatic heterocycles. The number of likely N-dealkylation sites (N-methyl/N-ethyl adjacent to an activating group) is 1. The fourth-order valence-electron chi connectivity index (χ4n) is 2.35. The van der Waals surface area contributed by atoms with Gasteiger partial charge in [0, 0.05) is 19.2 Å². The molecule has 0 unspecified atom stereocenters. The molecule has 146 valence electrons. The van der Waals surface area contributed by atoms with Crippen LogP contribution in [0.4, 0.5) is 5.13 Å². The average Bonchev–Trinajstić information content (AvgIpc) is 3.16. The van der Waals surface area contributed by atoms with E-state index in [1.807, 2.05) is 37.2 Å². The van der Waals surface area contributed by atoms with Gasteiger partial charge in [-0.1, -0.05) is 34.5 Å². The zero-order valence-corrected chi connectivity index (χ0v) is 18.8. The molecule has 0 bridgehead atoms. The summed E-state index contributed by atoms with van der Waals surface area (Å²) in [6.07, 6.45) is 0. The summed E-state index contributed by atoms with van der Waals surface area (Å²) in [7, 11) is 5.53. The SMILES string of the molecule is COc1ccc2sc(N(CCN(C)C)C(=O)c3cc(Cl)sc3Cl)nc2c1.Cl. The van der Waals surface area contributed by atoms with Gasteiger partial charge >= 0.3 is 0 Å². The molecule has 27 heavy (non-hydrogen) atoms. The van der Waals surface area contributed by atoms with E-state index in [0.29, 0.717) is 32.5 Å². The monoisotopic (exact) mass is 465 g/mol. The van der Waals surface area contributed by atoms with Crippen molar-refractivity contribution in [2.45, 2.75) is 0 Å². The summed E-state index contributed by atoms with van der Waals surface area (Å²) in [6, 6.07) is 7.29. The highest BCUT2D eigenvalue weighted by Gasteiger charge is 2.25. The highest BCUT2D eigenvalue weighted by Crippen LogP contribution is 2.35. The normalized spacial score (nSPS) is 10.9. The first-order chi connectivity index (χ1) is 12.4. The molecule has 0 saturated heterocycles. The molecule has 0 aliphatic rings. The van der Waals surface area contributed by atoms with Crippen LogP contribution < -0.4 is 9.64 Å². The van der Waals surface area contributed by atoms with Crippen molar-refractivity contribution in [2.75, 3.05) is 39.2 Å². The molecule has 1 aromatic carbocycles. The van der Waals surface area contributed by atoms with Gasteiger partial charge in [-0.15, -0.1) is 23.7 Å². The highest BCUT2D eigenvalue weighted by molar-refractivity contribution is 7.22. The molecule has 3 rings (SSSR count). The molecular formula is C17H18Cl3N3O2S2. The Kier molecular flexibility index (Phi) is 7.73. The molecule has 0 atom stereocenters. The predicted molar refractivity (Wildman–Crippen MR) is 118 cm³/mol. The van der Waals surface area contributed by atoms with Crippen LogP contribution in [-0.2, 0) is 0 Å². The number of methoxy groups -OCH3 is 1. The number of rotatable bonds is 6. The molecule has 0 spiro atoms. The molecule has 0 fully saturated rings. The van der Waals surface area contributed by atoms with E-state index in [-0.39, 0.29) is 18.3 Å². The third-order valence-electron chi connectivity index (χ3n) is 3.72. The van der Waals surface area contributed by atoms with E-state index in [2.05, 4.69) is 4.98 Å². The number of thiazole rings is 1. The van der Waals surface area contributed by atoms with Crippen LogP contribution in [0.2, 0.25) is 8.67 Å². The van der Waals surface area contributed by atoms with Crippen LogP contribution in [0.1, 0.15) is 10.4 Å². The summed E-state index contributed by atoms with van der Waals surface area (Å²) in [5, 5.41) is 0.624. The summed E-state index contributed by atoms with van der Waals surface area (Å²) in [6.45, 7) is 1.19. The Morgan fingerprint density at radius 2 is 1.93 bits per heavy atom. The van der Waals surface area contributed by atoms with Crippen molar-refractivity contribution in [3.63, 3.8) is 0 Å². The lowest BCUT2D eigenvalue weighted by molar-refractivity contribution is 0.0986. The second kappa shape index (κ2) is 9.41. The summed E-state index contributed by atoms with van der Waals surface area (Å²) in [4.78, 5) is 21.4. The van der Waals surface area contributed by atoms with E-state index in [4.69, 9.17) is 27.9 Å². The number of halogens is 3.